The molecular formula is C34H34N8O3S. The van der Waals surface area contributed by atoms with Crippen molar-refractivity contribution in [2.75, 3.05) is 0 Å². The Morgan fingerprint density at radius 1 is 0.717 bits per heavy atom. The molecule has 0 spiro atoms. The van der Waals surface area contributed by atoms with Crippen LogP contribution in [0.15, 0.2) is 106 Å². The Hall–Kier alpha value is -5.75. The number of H-pyrrole nitrogens is 3. The molecule has 0 aliphatic carbocycles. The molecule has 0 fully saturated rings. The summed E-state index contributed by atoms with van der Waals surface area (Å²) in [6.45, 7) is 8.65. The Kier molecular flexibility index (Phi) is 9.88. The second kappa shape index (κ2) is 14.4. The monoisotopic (exact) mass is 634 g/mol. The fraction of sp³-hybridized carbons (Fsp3) is 0.147. The SMILES string of the molecule is CC.CC.O=c1[nH]cnc2c1[nH]c1ccccc12.O=c1[nH]cnc2c1sc1ncccc12.O=c1ccnc2n1Cc1ccccc1-2.[HH]. The van der Waals surface area contributed by atoms with Crippen molar-refractivity contribution in [3.8, 4) is 11.4 Å². The van der Waals surface area contributed by atoms with Gasteiger partial charge in [0, 0.05) is 41.7 Å². The summed E-state index contributed by atoms with van der Waals surface area (Å²) >= 11 is 1.37. The van der Waals surface area contributed by atoms with Crippen molar-refractivity contribution >= 4 is 53.7 Å². The third-order valence-corrected chi connectivity index (χ3v) is 7.95. The maximum absolute atomic E-state index is 11.5. The van der Waals surface area contributed by atoms with Gasteiger partial charge in [0.05, 0.1) is 24.7 Å². The van der Waals surface area contributed by atoms with E-state index in [9.17, 15) is 14.4 Å². The van der Waals surface area contributed by atoms with Crippen LogP contribution < -0.4 is 16.7 Å². The molecule has 0 saturated heterocycles. The van der Waals surface area contributed by atoms with Gasteiger partial charge >= 0.3 is 0 Å². The molecular weight excluding hydrogens is 600 g/mol. The van der Waals surface area contributed by atoms with Crippen LogP contribution in [0.3, 0.4) is 0 Å². The van der Waals surface area contributed by atoms with E-state index < -0.39 is 0 Å². The molecule has 0 radical (unpaired) electrons. The molecule has 0 saturated carbocycles. The molecule has 234 valence electrons. The van der Waals surface area contributed by atoms with Crippen molar-refractivity contribution in [3.05, 3.63) is 128 Å². The average molecular weight is 635 g/mol. The van der Waals surface area contributed by atoms with E-state index in [1.54, 1.807) is 17.0 Å². The largest absolute Gasteiger partial charge is 0.349 e. The predicted molar refractivity (Wildman–Crippen MR) is 188 cm³/mol. The van der Waals surface area contributed by atoms with Crippen LogP contribution in [-0.2, 0) is 6.54 Å². The van der Waals surface area contributed by atoms with Gasteiger partial charge in [-0.3, -0.25) is 19.0 Å². The molecule has 46 heavy (non-hydrogen) atoms. The summed E-state index contributed by atoms with van der Waals surface area (Å²) < 4.78 is 2.34. The molecule has 12 heteroatoms. The Labute approximate surface area is 268 Å². The van der Waals surface area contributed by atoms with Gasteiger partial charge in [-0.2, -0.15) is 0 Å². The highest BCUT2D eigenvalue weighted by molar-refractivity contribution is 7.25. The van der Waals surface area contributed by atoms with Gasteiger partial charge in [-0.15, -0.1) is 11.3 Å². The Morgan fingerprint density at radius 3 is 2.24 bits per heavy atom. The normalized spacial score (nSPS) is 10.8. The minimum atomic E-state index is -0.133. The molecule has 0 unspecified atom stereocenters. The molecule has 0 bridgehead atoms. The van der Waals surface area contributed by atoms with E-state index in [1.807, 2.05) is 88.4 Å². The van der Waals surface area contributed by atoms with Gasteiger partial charge in [-0.05, 0) is 23.8 Å². The number of rotatable bonds is 0. The van der Waals surface area contributed by atoms with Crippen LogP contribution in [0, 0.1) is 0 Å². The van der Waals surface area contributed by atoms with E-state index in [4.69, 9.17) is 0 Å². The highest BCUT2D eigenvalue weighted by Gasteiger charge is 2.18. The topological polar surface area (TPSA) is 155 Å². The van der Waals surface area contributed by atoms with Gasteiger partial charge in [0.2, 0.25) is 0 Å². The number of aromatic amines is 3. The fourth-order valence-electron chi connectivity index (χ4n) is 4.93. The van der Waals surface area contributed by atoms with Gasteiger partial charge in [0.25, 0.3) is 16.7 Å². The van der Waals surface area contributed by atoms with Crippen molar-refractivity contribution in [1.29, 1.82) is 0 Å². The molecule has 9 rings (SSSR count). The van der Waals surface area contributed by atoms with Gasteiger partial charge in [0.1, 0.15) is 26.4 Å². The standard InChI is InChI=1S/C11H8N2O.C10H7N3O.C9H5N3OS.2C2H6.H2/c14-10-5-6-12-11-9-4-2-1-3-8(9)7-13(10)11;14-10-9-8(11-5-12-10)6-3-1-2-4-7(6)13-9;13-8-7-6(11-4-12-8)5-2-1-3-10-9(5)14-7;2*1-2;/h1-6H,7H2;1-5,13H,(H,11,12,14);1-4H,(H,11,12,13);2*1-2H3;1H. The lowest BCUT2D eigenvalue weighted by Crippen LogP contribution is -2.17. The van der Waals surface area contributed by atoms with E-state index in [1.165, 1.54) is 35.6 Å². The first-order chi connectivity index (χ1) is 22.6. The van der Waals surface area contributed by atoms with Crippen molar-refractivity contribution in [2.24, 2.45) is 0 Å². The number of nitrogens with one attached hydrogen (secondary N) is 3. The summed E-state index contributed by atoms with van der Waals surface area (Å²) in [5, 5.41) is 1.92. The fourth-order valence-corrected chi connectivity index (χ4v) is 5.92. The van der Waals surface area contributed by atoms with Gasteiger partial charge in [-0.25, -0.2) is 19.9 Å². The predicted octanol–water partition coefficient (Wildman–Crippen LogP) is 6.51. The van der Waals surface area contributed by atoms with Crippen molar-refractivity contribution in [1.82, 2.24) is 39.5 Å². The van der Waals surface area contributed by atoms with E-state index in [-0.39, 0.29) is 18.1 Å². The molecule has 11 nitrogen and oxygen atoms in total. The lowest BCUT2D eigenvalue weighted by molar-refractivity contribution is 0.784. The van der Waals surface area contributed by atoms with Crippen LogP contribution >= 0.6 is 11.3 Å². The summed E-state index contributed by atoms with van der Waals surface area (Å²) in [7, 11) is 0. The lowest BCUT2D eigenvalue weighted by Gasteiger charge is -1.98. The van der Waals surface area contributed by atoms with Crippen molar-refractivity contribution in [2.45, 2.75) is 34.2 Å². The van der Waals surface area contributed by atoms with Crippen LogP contribution in [0.2, 0.25) is 0 Å². The molecule has 7 heterocycles. The van der Waals surface area contributed by atoms with Crippen LogP contribution in [-0.4, -0.2) is 39.5 Å². The zero-order valence-electron chi connectivity index (χ0n) is 25.7. The Balaban J connectivity index is 0.000000150. The second-order valence-electron chi connectivity index (χ2n) is 9.34. The van der Waals surface area contributed by atoms with Crippen LogP contribution in [0.4, 0.5) is 0 Å². The number of fused-ring (bicyclic) bond motifs is 9. The lowest BCUT2D eigenvalue weighted by atomic mass is 10.1. The Bertz CT molecular complexity index is 2330. The van der Waals surface area contributed by atoms with Gasteiger partial charge in [0.15, 0.2) is 0 Å². The van der Waals surface area contributed by atoms with Crippen molar-refractivity contribution in [3.63, 3.8) is 0 Å². The quantitative estimate of drug-likeness (QED) is 0.172. The van der Waals surface area contributed by atoms with Gasteiger partial charge < -0.3 is 15.0 Å². The summed E-state index contributed by atoms with van der Waals surface area (Å²) in [5.74, 6) is 0.785. The van der Waals surface area contributed by atoms with Crippen LogP contribution in [0.25, 0.3) is 53.8 Å². The summed E-state index contributed by atoms with van der Waals surface area (Å²) in [6.07, 6.45) is 6.12. The minimum absolute atomic E-state index is 0. The maximum Gasteiger partial charge on any atom is 0.275 e. The third-order valence-electron chi connectivity index (χ3n) is 6.85. The highest BCUT2D eigenvalue weighted by Crippen LogP contribution is 2.28. The number of nitrogens with zero attached hydrogens (tertiary/aromatic N) is 5. The molecule has 2 aromatic carbocycles. The van der Waals surface area contributed by atoms with Crippen LogP contribution in [0.1, 0.15) is 34.7 Å². The van der Waals surface area contributed by atoms with E-state index in [0.717, 1.165) is 43.5 Å². The summed E-state index contributed by atoms with van der Waals surface area (Å²) in [5.41, 5.74) is 4.97. The van der Waals surface area contributed by atoms with Crippen LogP contribution in [0.5, 0.6) is 0 Å². The maximum atomic E-state index is 11.5. The number of benzene rings is 2. The van der Waals surface area contributed by atoms with E-state index in [2.05, 4.69) is 34.9 Å². The number of hydrogen-bond donors (Lipinski definition) is 3. The second-order valence-corrected chi connectivity index (χ2v) is 10.3. The number of hydrogen-bond acceptors (Lipinski definition) is 8. The summed E-state index contributed by atoms with van der Waals surface area (Å²) in [6, 6.07) is 21.0. The average Bonchev–Trinajstić information content (AvgIpc) is 3.81. The number of aromatic nitrogens is 8. The van der Waals surface area contributed by atoms with E-state index >= 15 is 0 Å². The number of para-hydroxylation sites is 1. The van der Waals surface area contributed by atoms with E-state index in [0.29, 0.717) is 16.8 Å². The van der Waals surface area contributed by atoms with Gasteiger partial charge in [-0.1, -0.05) is 70.2 Å². The first kappa shape index (κ1) is 31.7. The molecule has 1 aliphatic heterocycles. The first-order valence-corrected chi connectivity index (χ1v) is 15.7. The molecule has 8 aromatic rings. The zero-order chi connectivity index (χ0) is 32.6. The number of thiophene rings is 1. The molecule has 0 amide bonds. The Morgan fingerprint density at radius 2 is 1.41 bits per heavy atom. The minimum Gasteiger partial charge on any atom is -0.349 e. The summed E-state index contributed by atoms with van der Waals surface area (Å²) in [4.78, 5) is 60.0. The molecule has 0 atom stereocenters. The zero-order valence-corrected chi connectivity index (χ0v) is 26.6. The smallest absolute Gasteiger partial charge is 0.275 e. The molecule has 6 aromatic heterocycles. The molecule has 1 aliphatic rings. The first-order valence-electron chi connectivity index (χ1n) is 14.9. The number of pyridine rings is 1. The molecule has 3 N–H and O–H groups in total. The highest BCUT2D eigenvalue weighted by atomic mass is 32.1. The van der Waals surface area contributed by atoms with Crippen molar-refractivity contribution < 1.29 is 1.43 Å². The third kappa shape index (κ3) is 6.10.